The Morgan fingerprint density at radius 2 is 2.07 bits per heavy atom. The minimum atomic E-state index is -3.67. The number of hydrogen-bond donors (Lipinski definition) is 2. The number of nitrogens with zero attached hydrogens (tertiary/aromatic N) is 1. The quantitative estimate of drug-likeness (QED) is 0.640. The largest absolute Gasteiger partial charge is 0.381 e. The number of H-pyrrole nitrogens is 1. The number of amides is 1. The molecule has 1 aliphatic carbocycles. The molecule has 30 heavy (non-hydrogen) atoms. The summed E-state index contributed by atoms with van der Waals surface area (Å²) in [6.45, 7) is 1.17. The van der Waals surface area contributed by atoms with Crippen LogP contribution in [0.25, 0.3) is 0 Å². The maximum Gasteiger partial charge on any atom is 0.253 e. The molecule has 162 valence electrons. The number of aromatic amines is 1. The predicted molar refractivity (Wildman–Crippen MR) is 114 cm³/mol. The molecule has 0 radical (unpaired) electrons. The van der Waals surface area contributed by atoms with Gasteiger partial charge in [0.25, 0.3) is 5.56 Å². The van der Waals surface area contributed by atoms with E-state index in [1.807, 2.05) is 0 Å². The highest BCUT2D eigenvalue weighted by Gasteiger charge is 2.41. The van der Waals surface area contributed by atoms with Crippen LogP contribution in [0, 0.1) is 5.92 Å². The molecule has 0 bridgehead atoms. The molecular formula is C19H22ClN3O5S2. The molecular weight excluding hydrogens is 450 g/mol. The minimum absolute atomic E-state index is 0.0102. The van der Waals surface area contributed by atoms with Crippen LogP contribution in [0.15, 0.2) is 28.2 Å². The number of carbonyl (C=O) groups excluding carboxylic acids is 1. The molecule has 0 unspecified atom stereocenters. The first-order chi connectivity index (χ1) is 14.4. The van der Waals surface area contributed by atoms with Crippen molar-refractivity contribution in [3.63, 3.8) is 0 Å². The SMILES string of the molecule is O=C(Nc1ncc(Cl)s1)[C@@H](CC1CCOCC1)c1c(S(=O)(=O)C2CC2)cc[nH]c1=O. The summed E-state index contributed by atoms with van der Waals surface area (Å²) in [7, 11) is -3.67. The minimum Gasteiger partial charge on any atom is -0.381 e. The standard InChI is InChI=1S/C19H22ClN3O5S2/c20-15-10-22-19(29-15)23-17(24)13(9-11-4-7-28-8-5-11)16-14(3-6-21-18(16)25)30(26,27)12-1-2-12/h3,6,10-13H,1-2,4-5,7-9H2,(H,21,25)(H,22,23,24)/t13-/m0/s1. The van der Waals surface area contributed by atoms with Crippen molar-refractivity contribution in [1.29, 1.82) is 0 Å². The van der Waals surface area contributed by atoms with Crippen molar-refractivity contribution < 1.29 is 17.9 Å². The summed E-state index contributed by atoms with van der Waals surface area (Å²) in [6, 6.07) is 1.40. The number of hydrogen-bond acceptors (Lipinski definition) is 7. The fourth-order valence-corrected chi connectivity index (χ4v) is 6.51. The molecule has 2 aromatic rings. The van der Waals surface area contributed by atoms with E-state index < -0.39 is 32.5 Å². The molecule has 11 heteroatoms. The highest BCUT2D eigenvalue weighted by molar-refractivity contribution is 7.92. The van der Waals surface area contributed by atoms with Crippen LogP contribution in [0.4, 0.5) is 5.13 Å². The molecule has 0 aromatic carbocycles. The van der Waals surface area contributed by atoms with Gasteiger partial charge in [0.2, 0.25) is 5.91 Å². The van der Waals surface area contributed by atoms with Crippen molar-refractivity contribution in [1.82, 2.24) is 9.97 Å². The molecule has 2 aromatic heterocycles. The Labute approximate surface area is 182 Å². The van der Waals surface area contributed by atoms with Gasteiger partial charge in [0, 0.05) is 25.0 Å². The lowest BCUT2D eigenvalue weighted by Crippen LogP contribution is -2.32. The lowest BCUT2D eigenvalue weighted by Gasteiger charge is -2.26. The third-order valence-electron chi connectivity index (χ3n) is 5.51. The van der Waals surface area contributed by atoms with Gasteiger partial charge in [0.1, 0.15) is 4.34 Å². The number of anilines is 1. The Kier molecular flexibility index (Phi) is 6.29. The summed E-state index contributed by atoms with van der Waals surface area (Å²) in [6.07, 6.45) is 5.75. The molecule has 1 amide bonds. The molecule has 8 nitrogen and oxygen atoms in total. The maximum atomic E-state index is 13.2. The second-order valence-corrected chi connectivity index (χ2v) is 11.5. The normalized spacial score (nSPS) is 18.8. The number of ether oxygens (including phenoxy) is 1. The van der Waals surface area contributed by atoms with Crippen LogP contribution in [0.1, 0.15) is 43.6 Å². The zero-order chi connectivity index (χ0) is 21.3. The van der Waals surface area contributed by atoms with E-state index in [0.717, 1.165) is 24.2 Å². The molecule has 2 aliphatic rings. The highest BCUT2D eigenvalue weighted by Crippen LogP contribution is 2.38. The zero-order valence-electron chi connectivity index (χ0n) is 16.1. The Morgan fingerprint density at radius 1 is 1.33 bits per heavy atom. The average molecular weight is 472 g/mol. The Balaban J connectivity index is 1.73. The van der Waals surface area contributed by atoms with E-state index in [-0.39, 0.29) is 16.4 Å². The third-order valence-corrected chi connectivity index (χ3v) is 8.86. The van der Waals surface area contributed by atoms with E-state index in [2.05, 4.69) is 15.3 Å². The number of sulfone groups is 1. The van der Waals surface area contributed by atoms with Gasteiger partial charge in [0.05, 0.1) is 22.3 Å². The third kappa shape index (κ3) is 4.61. The summed E-state index contributed by atoms with van der Waals surface area (Å²) in [5.41, 5.74) is -0.544. The number of carbonyl (C=O) groups is 1. The van der Waals surface area contributed by atoms with Crippen LogP contribution in [0.3, 0.4) is 0 Å². The first-order valence-electron chi connectivity index (χ1n) is 9.81. The Hall–Kier alpha value is -1.75. The zero-order valence-corrected chi connectivity index (χ0v) is 18.5. The summed E-state index contributed by atoms with van der Waals surface area (Å²) >= 11 is 7.01. The first kappa shape index (κ1) is 21.5. The molecule has 2 fully saturated rings. The van der Waals surface area contributed by atoms with Gasteiger partial charge in [-0.3, -0.25) is 9.59 Å². The van der Waals surface area contributed by atoms with Crippen LogP contribution >= 0.6 is 22.9 Å². The first-order valence-corrected chi connectivity index (χ1v) is 12.6. The van der Waals surface area contributed by atoms with Gasteiger partial charge in [-0.1, -0.05) is 22.9 Å². The molecule has 3 heterocycles. The monoisotopic (exact) mass is 471 g/mol. The van der Waals surface area contributed by atoms with Crippen molar-refractivity contribution in [2.24, 2.45) is 5.92 Å². The molecule has 0 spiro atoms. The van der Waals surface area contributed by atoms with Crippen molar-refractivity contribution in [2.75, 3.05) is 18.5 Å². The van der Waals surface area contributed by atoms with Gasteiger partial charge < -0.3 is 15.0 Å². The smallest absolute Gasteiger partial charge is 0.253 e. The molecule has 1 atom stereocenters. The van der Waals surface area contributed by atoms with Crippen LogP contribution in [0.2, 0.25) is 4.34 Å². The fraction of sp³-hybridized carbons (Fsp3) is 0.526. The van der Waals surface area contributed by atoms with Crippen LogP contribution in [-0.2, 0) is 19.4 Å². The van der Waals surface area contributed by atoms with Gasteiger partial charge in [0.15, 0.2) is 15.0 Å². The summed E-state index contributed by atoms with van der Waals surface area (Å²) < 4.78 is 31.8. The molecule has 1 saturated heterocycles. The second-order valence-electron chi connectivity index (χ2n) is 7.63. The fourth-order valence-electron chi connectivity index (χ4n) is 3.78. The van der Waals surface area contributed by atoms with Crippen molar-refractivity contribution in [2.45, 2.75) is 48.2 Å². The maximum absolute atomic E-state index is 13.2. The van der Waals surface area contributed by atoms with Crippen LogP contribution < -0.4 is 10.9 Å². The van der Waals surface area contributed by atoms with Crippen molar-refractivity contribution >= 4 is 43.8 Å². The van der Waals surface area contributed by atoms with Gasteiger partial charge in [-0.2, -0.15) is 0 Å². The lowest BCUT2D eigenvalue weighted by atomic mass is 9.85. The number of halogens is 1. The molecule has 1 aliphatic heterocycles. The van der Waals surface area contributed by atoms with Crippen LogP contribution in [-0.4, -0.2) is 42.8 Å². The number of rotatable bonds is 7. The predicted octanol–water partition coefficient (Wildman–Crippen LogP) is 2.96. The number of nitrogens with one attached hydrogen (secondary N) is 2. The van der Waals surface area contributed by atoms with E-state index in [4.69, 9.17) is 16.3 Å². The summed E-state index contributed by atoms with van der Waals surface area (Å²) in [5, 5.41) is 2.53. The number of aromatic nitrogens is 2. The highest BCUT2D eigenvalue weighted by atomic mass is 35.5. The van der Waals surface area contributed by atoms with Gasteiger partial charge in [-0.05, 0) is 44.1 Å². The number of thiazole rings is 1. The van der Waals surface area contributed by atoms with E-state index in [9.17, 15) is 18.0 Å². The lowest BCUT2D eigenvalue weighted by molar-refractivity contribution is -0.118. The molecule has 4 rings (SSSR count). The van der Waals surface area contributed by atoms with Gasteiger partial charge in [-0.15, -0.1) is 0 Å². The Bertz CT molecular complexity index is 1090. The second kappa shape index (κ2) is 8.78. The van der Waals surface area contributed by atoms with Crippen LogP contribution in [0.5, 0.6) is 0 Å². The van der Waals surface area contributed by atoms with E-state index in [1.54, 1.807) is 0 Å². The average Bonchev–Trinajstić information content (AvgIpc) is 3.51. The Morgan fingerprint density at radius 3 is 2.70 bits per heavy atom. The van der Waals surface area contributed by atoms with E-state index in [1.165, 1.54) is 18.5 Å². The van der Waals surface area contributed by atoms with E-state index in [0.29, 0.717) is 41.9 Å². The molecule has 2 N–H and O–H groups in total. The van der Waals surface area contributed by atoms with E-state index >= 15 is 0 Å². The topological polar surface area (TPSA) is 118 Å². The number of pyridine rings is 1. The summed E-state index contributed by atoms with van der Waals surface area (Å²) in [4.78, 5) is 32.6. The van der Waals surface area contributed by atoms with Gasteiger partial charge >= 0.3 is 0 Å². The summed E-state index contributed by atoms with van der Waals surface area (Å²) in [5.74, 6) is -1.24. The van der Waals surface area contributed by atoms with Crippen molar-refractivity contribution in [3.8, 4) is 0 Å². The van der Waals surface area contributed by atoms with Crippen molar-refractivity contribution in [3.05, 3.63) is 38.7 Å². The van der Waals surface area contributed by atoms with Gasteiger partial charge in [-0.25, -0.2) is 13.4 Å². The molecule has 1 saturated carbocycles.